The van der Waals surface area contributed by atoms with E-state index in [0.717, 1.165) is 0 Å². The lowest BCUT2D eigenvalue weighted by Gasteiger charge is -2.06. The number of hydrogen-bond donors (Lipinski definition) is 0. The lowest BCUT2D eigenvalue weighted by atomic mass is 10.2. The molecule has 1 fully saturated rings. The second kappa shape index (κ2) is 4.12. The van der Waals surface area contributed by atoms with Crippen molar-refractivity contribution in [1.29, 1.82) is 0 Å². The fourth-order valence-corrected chi connectivity index (χ4v) is 2.65. The van der Waals surface area contributed by atoms with Gasteiger partial charge in [-0.05, 0) is 24.6 Å². The van der Waals surface area contributed by atoms with E-state index in [2.05, 4.69) is 4.98 Å². The van der Waals surface area contributed by atoms with Crippen LogP contribution < -0.4 is 5.56 Å². The zero-order valence-electron chi connectivity index (χ0n) is 9.24. The number of nitrogens with zero attached hydrogens (tertiary/aromatic N) is 2. The summed E-state index contributed by atoms with van der Waals surface area (Å²) in [6, 6.07) is 5.07. The van der Waals surface area contributed by atoms with E-state index in [1.165, 1.54) is 10.9 Å². The molecule has 3 rings (SSSR count). The molecule has 6 heteroatoms. The van der Waals surface area contributed by atoms with E-state index < -0.39 is 4.33 Å². The Hall–Kier alpha value is -0.770. The summed E-state index contributed by atoms with van der Waals surface area (Å²) in [5, 5.41) is 1.04. The van der Waals surface area contributed by atoms with Crippen LogP contribution in [-0.2, 0) is 6.54 Å². The Kier molecular flexibility index (Phi) is 2.81. The van der Waals surface area contributed by atoms with Gasteiger partial charge in [-0.25, -0.2) is 4.98 Å². The third kappa shape index (κ3) is 2.11. The minimum Gasteiger partial charge on any atom is -0.298 e. The monoisotopic (exact) mass is 302 g/mol. The van der Waals surface area contributed by atoms with E-state index in [4.69, 9.17) is 34.8 Å². The van der Waals surface area contributed by atoms with Gasteiger partial charge in [-0.15, -0.1) is 23.2 Å². The molecule has 1 atom stereocenters. The van der Waals surface area contributed by atoms with Crippen LogP contribution in [-0.4, -0.2) is 13.9 Å². The summed E-state index contributed by atoms with van der Waals surface area (Å²) in [5.74, 6) is 0.108. The number of aromatic nitrogens is 2. The molecule has 0 N–H and O–H groups in total. The highest BCUT2D eigenvalue weighted by Crippen LogP contribution is 2.53. The molecule has 94 valence electrons. The Morgan fingerprint density at radius 3 is 2.83 bits per heavy atom. The molecule has 1 aliphatic rings. The van der Waals surface area contributed by atoms with E-state index >= 15 is 0 Å². The van der Waals surface area contributed by atoms with Crippen molar-refractivity contribution < 1.29 is 0 Å². The molecular formula is C12H9Cl3N2O. The number of hydrogen-bond acceptors (Lipinski definition) is 2. The Labute approximate surface area is 118 Å². The summed E-state index contributed by atoms with van der Waals surface area (Å²) in [6.07, 6.45) is 2.23. The minimum absolute atomic E-state index is 0.108. The van der Waals surface area contributed by atoms with Gasteiger partial charge in [-0.2, -0.15) is 0 Å². The SMILES string of the molecule is O=c1c2cc(Cl)ccc2ncn1C[C@@H]1CC1(Cl)Cl. The minimum atomic E-state index is -0.692. The van der Waals surface area contributed by atoms with Gasteiger partial charge in [0.2, 0.25) is 0 Å². The highest BCUT2D eigenvalue weighted by molar-refractivity contribution is 6.50. The molecule has 0 saturated heterocycles. The van der Waals surface area contributed by atoms with Crippen LogP contribution in [0.25, 0.3) is 10.9 Å². The van der Waals surface area contributed by atoms with Crippen LogP contribution in [0.5, 0.6) is 0 Å². The van der Waals surface area contributed by atoms with Crippen LogP contribution in [0.15, 0.2) is 29.3 Å². The van der Waals surface area contributed by atoms with E-state index in [-0.39, 0.29) is 11.5 Å². The number of rotatable bonds is 2. The molecule has 0 amide bonds. The highest BCUT2D eigenvalue weighted by atomic mass is 35.5. The van der Waals surface area contributed by atoms with Crippen molar-refractivity contribution in [2.75, 3.05) is 0 Å². The van der Waals surface area contributed by atoms with Gasteiger partial charge >= 0.3 is 0 Å². The fraction of sp³-hybridized carbons (Fsp3) is 0.333. The second-order valence-corrected chi connectivity index (χ2v) is 6.50. The largest absolute Gasteiger partial charge is 0.298 e. The van der Waals surface area contributed by atoms with Crippen LogP contribution in [0.2, 0.25) is 5.02 Å². The molecule has 1 heterocycles. The Morgan fingerprint density at radius 2 is 2.17 bits per heavy atom. The number of benzene rings is 1. The van der Waals surface area contributed by atoms with E-state index in [1.54, 1.807) is 18.2 Å². The maximum atomic E-state index is 12.2. The van der Waals surface area contributed by atoms with E-state index in [0.29, 0.717) is 28.9 Å². The molecule has 3 nitrogen and oxygen atoms in total. The summed E-state index contributed by atoms with van der Waals surface area (Å²) >= 11 is 17.8. The first kappa shape index (κ1) is 12.3. The fourth-order valence-electron chi connectivity index (χ4n) is 1.97. The Morgan fingerprint density at radius 1 is 1.44 bits per heavy atom. The van der Waals surface area contributed by atoms with Gasteiger partial charge in [-0.3, -0.25) is 9.36 Å². The van der Waals surface area contributed by atoms with Crippen LogP contribution in [0.4, 0.5) is 0 Å². The van der Waals surface area contributed by atoms with Gasteiger partial charge in [0.15, 0.2) is 0 Å². The zero-order valence-corrected chi connectivity index (χ0v) is 11.5. The van der Waals surface area contributed by atoms with E-state index in [1.807, 2.05) is 0 Å². The van der Waals surface area contributed by atoms with Crippen molar-refractivity contribution >= 4 is 45.7 Å². The summed E-state index contributed by atoms with van der Waals surface area (Å²) in [7, 11) is 0. The number of halogens is 3. The number of fused-ring (bicyclic) bond motifs is 1. The predicted molar refractivity (Wildman–Crippen MR) is 73.6 cm³/mol. The molecule has 2 aromatic rings. The first-order chi connectivity index (χ1) is 8.47. The summed E-state index contributed by atoms with van der Waals surface area (Å²) < 4.78 is 0.846. The smallest absolute Gasteiger partial charge is 0.261 e. The van der Waals surface area contributed by atoms with Gasteiger partial charge in [0.1, 0.15) is 4.33 Å². The van der Waals surface area contributed by atoms with Gasteiger partial charge in [0, 0.05) is 17.5 Å². The van der Waals surface area contributed by atoms with Crippen molar-refractivity contribution in [2.24, 2.45) is 5.92 Å². The number of alkyl halides is 2. The molecule has 0 radical (unpaired) electrons. The average molecular weight is 304 g/mol. The van der Waals surface area contributed by atoms with Gasteiger partial charge in [0.05, 0.1) is 17.2 Å². The standard InChI is InChI=1S/C12H9Cl3N2O/c13-8-1-2-10-9(3-8)11(18)17(6-16-10)5-7-4-12(7,14)15/h1-3,6-7H,4-5H2/t7-/m0/s1. The topological polar surface area (TPSA) is 34.9 Å². The lowest BCUT2D eigenvalue weighted by Crippen LogP contribution is -2.22. The van der Waals surface area contributed by atoms with Crippen LogP contribution >= 0.6 is 34.8 Å². The summed E-state index contributed by atoms with van der Waals surface area (Å²) in [6.45, 7) is 0.487. The van der Waals surface area contributed by atoms with Crippen molar-refractivity contribution in [3.63, 3.8) is 0 Å². The molecule has 0 spiro atoms. The van der Waals surface area contributed by atoms with Crippen LogP contribution in [0.3, 0.4) is 0 Å². The maximum absolute atomic E-state index is 12.2. The normalized spacial score (nSPS) is 21.2. The molecule has 1 saturated carbocycles. The van der Waals surface area contributed by atoms with Crippen molar-refractivity contribution in [3.8, 4) is 0 Å². The van der Waals surface area contributed by atoms with Crippen molar-refractivity contribution in [2.45, 2.75) is 17.3 Å². The maximum Gasteiger partial charge on any atom is 0.261 e. The van der Waals surface area contributed by atoms with Gasteiger partial charge < -0.3 is 0 Å². The van der Waals surface area contributed by atoms with Crippen molar-refractivity contribution in [3.05, 3.63) is 39.9 Å². The second-order valence-electron chi connectivity index (χ2n) is 4.53. The lowest BCUT2D eigenvalue weighted by molar-refractivity contribution is 0.597. The van der Waals surface area contributed by atoms with E-state index in [9.17, 15) is 4.79 Å². The van der Waals surface area contributed by atoms with Crippen LogP contribution in [0, 0.1) is 5.92 Å². The first-order valence-corrected chi connectivity index (χ1v) is 6.63. The highest BCUT2D eigenvalue weighted by Gasteiger charge is 2.51. The summed E-state index contributed by atoms with van der Waals surface area (Å²) in [5.41, 5.74) is 0.526. The third-order valence-corrected chi connectivity index (χ3v) is 4.32. The quantitative estimate of drug-likeness (QED) is 0.798. The van der Waals surface area contributed by atoms with Gasteiger partial charge in [0.25, 0.3) is 5.56 Å². The predicted octanol–water partition coefficient (Wildman–Crippen LogP) is 3.24. The molecule has 0 bridgehead atoms. The summed E-state index contributed by atoms with van der Waals surface area (Å²) in [4.78, 5) is 16.5. The molecule has 1 aromatic carbocycles. The first-order valence-electron chi connectivity index (χ1n) is 5.50. The molecule has 0 aliphatic heterocycles. The van der Waals surface area contributed by atoms with Gasteiger partial charge in [-0.1, -0.05) is 11.6 Å². The molecule has 1 aliphatic carbocycles. The molecule has 18 heavy (non-hydrogen) atoms. The molecule has 0 unspecified atom stereocenters. The van der Waals surface area contributed by atoms with Crippen LogP contribution in [0.1, 0.15) is 6.42 Å². The third-order valence-electron chi connectivity index (χ3n) is 3.16. The Bertz CT molecular complexity index is 681. The molecule has 1 aromatic heterocycles. The zero-order chi connectivity index (χ0) is 12.9. The van der Waals surface area contributed by atoms with Crippen molar-refractivity contribution in [1.82, 2.24) is 9.55 Å². The Balaban J connectivity index is 2.04. The average Bonchev–Trinajstić information content (AvgIpc) is 2.91. The molecular weight excluding hydrogens is 295 g/mol.